The van der Waals surface area contributed by atoms with Crippen molar-refractivity contribution in [1.29, 1.82) is 0 Å². The first-order valence-corrected chi connectivity index (χ1v) is 10.6. The van der Waals surface area contributed by atoms with Crippen LogP contribution in [0, 0.1) is 0 Å². The molecular weight excluding hydrogens is 426 g/mol. The van der Waals surface area contributed by atoms with E-state index in [-0.39, 0.29) is 18.7 Å². The lowest BCUT2D eigenvalue weighted by molar-refractivity contribution is -0.116. The fourth-order valence-corrected chi connectivity index (χ4v) is 3.81. The second-order valence-corrected chi connectivity index (χ2v) is 7.57. The van der Waals surface area contributed by atoms with E-state index in [1.807, 2.05) is 6.92 Å². The molecule has 0 atom stereocenters. The number of ether oxygens (including phenoxy) is 2. The number of aromatic nitrogens is 2. The lowest BCUT2D eigenvalue weighted by Gasteiger charge is -2.13. The number of anilines is 1. The molecule has 4 aromatic rings. The van der Waals surface area contributed by atoms with Gasteiger partial charge in [-0.1, -0.05) is 25.5 Å². The number of hydrogen-bond acceptors (Lipinski definition) is 6. The number of nitrogens with one attached hydrogen (secondary N) is 1. The zero-order valence-electron chi connectivity index (χ0n) is 18.7. The molecule has 0 bridgehead atoms. The molecular formula is C24H25N3O6. The number of rotatable bonds is 8. The summed E-state index contributed by atoms with van der Waals surface area (Å²) >= 11 is 0. The minimum Gasteiger partial charge on any atom is -0.493 e. The predicted molar refractivity (Wildman–Crippen MR) is 125 cm³/mol. The molecule has 0 radical (unpaired) electrons. The third-order valence-corrected chi connectivity index (χ3v) is 5.44. The van der Waals surface area contributed by atoms with Crippen LogP contribution in [0.2, 0.25) is 0 Å². The van der Waals surface area contributed by atoms with Crippen LogP contribution >= 0.6 is 0 Å². The largest absolute Gasteiger partial charge is 0.493 e. The van der Waals surface area contributed by atoms with Gasteiger partial charge in [-0.2, -0.15) is 0 Å². The summed E-state index contributed by atoms with van der Waals surface area (Å²) in [7, 11) is 3.03. The summed E-state index contributed by atoms with van der Waals surface area (Å²) in [5, 5.41) is 3.37. The molecule has 0 saturated heterocycles. The summed E-state index contributed by atoms with van der Waals surface area (Å²) in [4.78, 5) is 39.2. The van der Waals surface area contributed by atoms with E-state index in [1.165, 1.54) is 18.8 Å². The van der Waals surface area contributed by atoms with Crippen molar-refractivity contribution in [2.45, 2.75) is 32.9 Å². The van der Waals surface area contributed by atoms with E-state index in [2.05, 4.69) is 5.32 Å². The Morgan fingerprint density at radius 1 is 1.03 bits per heavy atom. The van der Waals surface area contributed by atoms with E-state index >= 15 is 0 Å². The van der Waals surface area contributed by atoms with Crippen LogP contribution in [0.5, 0.6) is 11.5 Å². The Hall–Kier alpha value is -4.01. The fourth-order valence-electron chi connectivity index (χ4n) is 3.81. The maximum absolute atomic E-state index is 13.3. The molecule has 0 fully saturated rings. The van der Waals surface area contributed by atoms with Gasteiger partial charge in [-0.25, -0.2) is 4.79 Å². The molecule has 2 aromatic heterocycles. The van der Waals surface area contributed by atoms with Crippen LogP contribution in [0.4, 0.5) is 5.69 Å². The van der Waals surface area contributed by atoms with Crippen molar-refractivity contribution >= 4 is 33.7 Å². The molecule has 4 rings (SSSR count). The number of para-hydroxylation sites is 1. The van der Waals surface area contributed by atoms with Crippen LogP contribution < -0.4 is 26.0 Å². The van der Waals surface area contributed by atoms with Crippen LogP contribution in [0.15, 0.2) is 56.5 Å². The molecule has 9 nitrogen and oxygen atoms in total. The molecule has 9 heteroatoms. The smallest absolute Gasteiger partial charge is 0.332 e. The number of unbranched alkanes of at least 4 members (excludes halogenated alkanes) is 1. The number of furan rings is 1. The number of hydrogen-bond donors (Lipinski definition) is 1. The summed E-state index contributed by atoms with van der Waals surface area (Å²) in [5.74, 6) is 0.557. The van der Waals surface area contributed by atoms with Crippen molar-refractivity contribution in [3.63, 3.8) is 0 Å². The predicted octanol–water partition coefficient (Wildman–Crippen LogP) is 3.37. The standard InChI is InChI=1S/C24H25N3O6/c1-4-5-12-26-23(29)22-21(16-8-6-7-9-17(16)33-22)27(24(26)30)14-20(28)25-15-10-11-18(31-2)19(13-15)32-3/h6-11,13H,4-5,12,14H2,1-3H3,(H,25,28). The van der Waals surface area contributed by atoms with Gasteiger partial charge in [0.25, 0.3) is 5.56 Å². The van der Waals surface area contributed by atoms with Gasteiger partial charge in [-0.05, 0) is 30.7 Å². The maximum Gasteiger partial charge on any atom is 0.332 e. The van der Waals surface area contributed by atoms with Crippen LogP contribution in [-0.4, -0.2) is 29.3 Å². The summed E-state index contributed by atoms with van der Waals surface area (Å²) in [6.07, 6.45) is 1.46. The quantitative estimate of drug-likeness (QED) is 0.440. The van der Waals surface area contributed by atoms with Crippen LogP contribution in [0.1, 0.15) is 19.8 Å². The molecule has 172 valence electrons. The van der Waals surface area contributed by atoms with Gasteiger partial charge in [0.05, 0.1) is 14.2 Å². The maximum atomic E-state index is 13.3. The molecule has 0 saturated carbocycles. The van der Waals surface area contributed by atoms with Gasteiger partial charge >= 0.3 is 5.69 Å². The van der Waals surface area contributed by atoms with E-state index in [4.69, 9.17) is 13.9 Å². The third kappa shape index (κ3) is 4.09. The molecule has 1 amide bonds. The highest BCUT2D eigenvalue weighted by atomic mass is 16.5. The van der Waals surface area contributed by atoms with E-state index in [9.17, 15) is 14.4 Å². The number of benzene rings is 2. The minimum atomic E-state index is -0.546. The van der Waals surface area contributed by atoms with Crippen molar-refractivity contribution in [3.05, 3.63) is 63.3 Å². The number of methoxy groups -OCH3 is 2. The summed E-state index contributed by atoms with van der Waals surface area (Å²) in [6, 6.07) is 12.0. The van der Waals surface area contributed by atoms with Crippen molar-refractivity contribution in [2.75, 3.05) is 19.5 Å². The average molecular weight is 451 g/mol. The Morgan fingerprint density at radius 2 is 1.79 bits per heavy atom. The first-order valence-electron chi connectivity index (χ1n) is 10.6. The van der Waals surface area contributed by atoms with Crippen molar-refractivity contribution < 1.29 is 18.7 Å². The summed E-state index contributed by atoms with van der Waals surface area (Å²) < 4.78 is 18.7. The van der Waals surface area contributed by atoms with Gasteiger partial charge in [-0.15, -0.1) is 0 Å². The molecule has 0 aliphatic heterocycles. The molecule has 0 aliphatic rings. The summed E-state index contributed by atoms with van der Waals surface area (Å²) in [5.41, 5.74) is 0.303. The Kier molecular flexibility index (Phi) is 6.21. The molecule has 1 N–H and O–H groups in total. The molecule has 2 heterocycles. The highest BCUT2D eigenvalue weighted by Gasteiger charge is 2.21. The van der Waals surface area contributed by atoms with Gasteiger partial charge in [0.15, 0.2) is 11.5 Å². The number of carbonyl (C=O) groups is 1. The molecule has 0 unspecified atom stereocenters. The molecule has 0 aliphatic carbocycles. The van der Waals surface area contributed by atoms with Crippen LogP contribution in [0.3, 0.4) is 0 Å². The number of nitrogens with zero attached hydrogens (tertiary/aromatic N) is 2. The second-order valence-electron chi connectivity index (χ2n) is 7.57. The summed E-state index contributed by atoms with van der Waals surface area (Å²) in [6.45, 7) is 1.93. The van der Waals surface area contributed by atoms with Gasteiger partial charge < -0.3 is 19.2 Å². The van der Waals surface area contributed by atoms with E-state index in [0.29, 0.717) is 40.1 Å². The highest BCUT2D eigenvalue weighted by Crippen LogP contribution is 2.30. The molecule has 33 heavy (non-hydrogen) atoms. The second kappa shape index (κ2) is 9.23. The Labute approximate surface area is 189 Å². The first kappa shape index (κ1) is 22.2. The third-order valence-electron chi connectivity index (χ3n) is 5.44. The van der Waals surface area contributed by atoms with Gasteiger partial charge in [0, 0.05) is 23.7 Å². The highest BCUT2D eigenvalue weighted by molar-refractivity contribution is 6.03. The Morgan fingerprint density at radius 3 is 2.52 bits per heavy atom. The number of amides is 1. The molecule has 0 spiro atoms. The van der Waals surface area contributed by atoms with Crippen molar-refractivity contribution in [2.24, 2.45) is 0 Å². The lowest BCUT2D eigenvalue weighted by atomic mass is 10.2. The number of fused-ring (bicyclic) bond motifs is 3. The van der Waals surface area contributed by atoms with Gasteiger partial charge in [-0.3, -0.25) is 18.7 Å². The van der Waals surface area contributed by atoms with E-state index in [1.54, 1.807) is 42.5 Å². The van der Waals surface area contributed by atoms with E-state index in [0.717, 1.165) is 11.0 Å². The monoisotopic (exact) mass is 451 g/mol. The van der Waals surface area contributed by atoms with Crippen LogP contribution in [0.25, 0.3) is 22.1 Å². The van der Waals surface area contributed by atoms with E-state index < -0.39 is 17.2 Å². The topological polar surface area (TPSA) is 105 Å². The Balaban J connectivity index is 1.78. The van der Waals surface area contributed by atoms with Gasteiger partial charge in [0.2, 0.25) is 11.5 Å². The Bertz CT molecular complexity index is 1450. The van der Waals surface area contributed by atoms with Crippen molar-refractivity contribution in [1.82, 2.24) is 9.13 Å². The first-order chi connectivity index (χ1) is 16.0. The average Bonchev–Trinajstić information content (AvgIpc) is 3.21. The zero-order valence-corrected chi connectivity index (χ0v) is 18.7. The lowest BCUT2D eigenvalue weighted by Crippen LogP contribution is -2.41. The molecule has 2 aromatic carbocycles. The minimum absolute atomic E-state index is 0.0609. The van der Waals surface area contributed by atoms with Crippen LogP contribution in [-0.2, 0) is 17.9 Å². The number of carbonyl (C=O) groups excluding carboxylic acids is 1. The van der Waals surface area contributed by atoms with Crippen molar-refractivity contribution in [3.8, 4) is 11.5 Å². The normalized spacial score (nSPS) is 11.1. The zero-order chi connectivity index (χ0) is 23.5. The SMILES string of the molecule is CCCCn1c(=O)c2oc3ccccc3c2n(CC(=O)Nc2ccc(OC)c(OC)c2)c1=O. The fraction of sp³-hybridized carbons (Fsp3) is 0.292. The van der Waals surface area contributed by atoms with Gasteiger partial charge in [0.1, 0.15) is 17.6 Å².